The maximum Gasteiger partial charge on any atom is 0.269 e. The molecule has 10 nitrogen and oxygen atoms in total. The molecular formula is C22H26N4O6. The topological polar surface area (TPSA) is 116 Å². The lowest BCUT2D eigenvalue weighted by Gasteiger charge is -2.25. The summed E-state index contributed by atoms with van der Waals surface area (Å²) in [6.45, 7) is 5.57. The second kappa shape index (κ2) is 11.8. The fourth-order valence-electron chi connectivity index (χ4n) is 3.04. The Morgan fingerprint density at radius 3 is 2.62 bits per heavy atom. The summed E-state index contributed by atoms with van der Waals surface area (Å²) < 4.78 is 16.8. The van der Waals surface area contributed by atoms with Gasteiger partial charge in [-0.15, -0.1) is 0 Å². The number of non-ortho nitro benzene ring substituents is 1. The predicted octanol–water partition coefficient (Wildman–Crippen LogP) is 2.35. The van der Waals surface area contributed by atoms with Gasteiger partial charge in [0.25, 0.3) is 11.6 Å². The van der Waals surface area contributed by atoms with E-state index in [1.165, 1.54) is 12.1 Å². The number of hydrogen-bond acceptors (Lipinski definition) is 8. The molecule has 1 N–H and O–H groups in total. The van der Waals surface area contributed by atoms with E-state index in [0.717, 1.165) is 24.2 Å². The van der Waals surface area contributed by atoms with Gasteiger partial charge in [-0.3, -0.25) is 19.8 Å². The van der Waals surface area contributed by atoms with Gasteiger partial charge in [0.15, 0.2) is 11.5 Å². The Morgan fingerprint density at radius 2 is 1.94 bits per heavy atom. The van der Waals surface area contributed by atoms with E-state index in [2.05, 4.69) is 10.5 Å². The van der Waals surface area contributed by atoms with Crippen LogP contribution in [-0.2, 0) is 16.1 Å². The summed E-state index contributed by atoms with van der Waals surface area (Å²) in [5.74, 6) is 0.896. The van der Waals surface area contributed by atoms with Gasteiger partial charge in [0.1, 0.15) is 6.61 Å². The van der Waals surface area contributed by atoms with Crippen LogP contribution >= 0.6 is 0 Å². The highest BCUT2D eigenvalue weighted by Crippen LogP contribution is 2.29. The third-order valence-corrected chi connectivity index (χ3v) is 4.68. The molecule has 32 heavy (non-hydrogen) atoms. The van der Waals surface area contributed by atoms with Crippen LogP contribution in [0.1, 0.15) is 18.1 Å². The predicted molar refractivity (Wildman–Crippen MR) is 118 cm³/mol. The first-order chi connectivity index (χ1) is 15.5. The molecule has 0 atom stereocenters. The number of nitro groups is 1. The van der Waals surface area contributed by atoms with Crippen molar-refractivity contribution in [3.8, 4) is 11.5 Å². The van der Waals surface area contributed by atoms with Gasteiger partial charge in [0.05, 0.1) is 37.5 Å². The number of hydrazone groups is 1. The molecule has 2 aromatic carbocycles. The standard InChI is InChI=1S/C22H26N4O6/c1-2-31-21-13-18(14-23-24-22(27)15-25-9-11-30-12-10-25)5-8-20(21)32-16-17-3-6-19(7-4-17)26(28)29/h3-8,13-14H,2,9-12,15-16H2,1H3,(H,24,27)/b23-14-. The van der Waals surface area contributed by atoms with Crippen LogP contribution < -0.4 is 14.9 Å². The molecule has 1 fully saturated rings. The van der Waals surface area contributed by atoms with Crippen LogP contribution in [0.15, 0.2) is 47.6 Å². The summed E-state index contributed by atoms with van der Waals surface area (Å²) in [5.41, 5.74) is 4.10. The molecule has 0 unspecified atom stereocenters. The minimum absolute atomic E-state index is 0.0319. The maximum atomic E-state index is 12.0. The van der Waals surface area contributed by atoms with Crippen LogP contribution in [0.4, 0.5) is 5.69 Å². The lowest BCUT2D eigenvalue weighted by atomic mass is 10.2. The third-order valence-electron chi connectivity index (χ3n) is 4.68. The van der Waals surface area contributed by atoms with E-state index < -0.39 is 4.92 Å². The normalized spacial score (nSPS) is 14.3. The van der Waals surface area contributed by atoms with Crippen LogP contribution in [0.5, 0.6) is 11.5 Å². The molecule has 10 heteroatoms. The van der Waals surface area contributed by atoms with Crippen molar-refractivity contribution < 1.29 is 23.9 Å². The first kappa shape index (κ1) is 23.2. The smallest absolute Gasteiger partial charge is 0.269 e. The van der Waals surface area contributed by atoms with Gasteiger partial charge in [-0.25, -0.2) is 5.43 Å². The molecule has 0 aliphatic carbocycles. The third kappa shape index (κ3) is 7.03. The van der Waals surface area contributed by atoms with Crippen LogP contribution in [0.25, 0.3) is 0 Å². The molecule has 1 amide bonds. The Morgan fingerprint density at radius 1 is 1.19 bits per heavy atom. The number of hydrogen-bond donors (Lipinski definition) is 1. The lowest BCUT2D eigenvalue weighted by molar-refractivity contribution is -0.384. The highest BCUT2D eigenvalue weighted by atomic mass is 16.6. The van der Waals surface area contributed by atoms with Crippen LogP contribution in [0, 0.1) is 10.1 Å². The number of nitrogens with zero attached hydrogens (tertiary/aromatic N) is 3. The number of amides is 1. The number of carbonyl (C=O) groups is 1. The zero-order valence-corrected chi connectivity index (χ0v) is 17.9. The second-order valence-electron chi connectivity index (χ2n) is 7.03. The Labute approximate surface area is 185 Å². The molecule has 1 saturated heterocycles. The fourth-order valence-corrected chi connectivity index (χ4v) is 3.04. The molecule has 0 aromatic heterocycles. The van der Waals surface area contributed by atoms with Crippen molar-refractivity contribution in [2.45, 2.75) is 13.5 Å². The summed E-state index contributed by atoms with van der Waals surface area (Å²) in [7, 11) is 0. The van der Waals surface area contributed by atoms with E-state index in [1.807, 2.05) is 11.8 Å². The number of nitrogens with one attached hydrogen (secondary N) is 1. The maximum absolute atomic E-state index is 12.0. The highest BCUT2D eigenvalue weighted by molar-refractivity contribution is 5.83. The summed E-state index contributed by atoms with van der Waals surface area (Å²) in [6.07, 6.45) is 1.54. The molecule has 0 saturated carbocycles. The van der Waals surface area contributed by atoms with E-state index in [-0.39, 0.29) is 24.7 Å². The van der Waals surface area contributed by atoms with Crippen molar-refractivity contribution in [2.75, 3.05) is 39.5 Å². The van der Waals surface area contributed by atoms with Gasteiger partial charge in [-0.05, 0) is 48.4 Å². The van der Waals surface area contributed by atoms with E-state index in [4.69, 9.17) is 14.2 Å². The van der Waals surface area contributed by atoms with Crippen molar-refractivity contribution in [3.63, 3.8) is 0 Å². The lowest BCUT2D eigenvalue weighted by Crippen LogP contribution is -2.42. The molecule has 2 aromatic rings. The molecule has 1 aliphatic heterocycles. The van der Waals surface area contributed by atoms with Gasteiger partial charge >= 0.3 is 0 Å². The Balaban J connectivity index is 1.56. The summed E-state index contributed by atoms with van der Waals surface area (Å²) in [5, 5.41) is 14.8. The van der Waals surface area contributed by atoms with Gasteiger partial charge in [0.2, 0.25) is 0 Å². The van der Waals surface area contributed by atoms with Crippen LogP contribution in [-0.4, -0.2) is 61.4 Å². The molecule has 1 aliphatic rings. The van der Waals surface area contributed by atoms with Crippen LogP contribution in [0.2, 0.25) is 0 Å². The Hall–Kier alpha value is -3.50. The fraction of sp³-hybridized carbons (Fsp3) is 0.364. The van der Waals surface area contributed by atoms with Gasteiger partial charge in [-0.1, -0.05) is 0 Å². The quantitative estimate of drug-likeness (QED) is 0.341. The molecular weight excluding hydrogens is 416 g/mol. The molecule has 1 heterocycles. The zero-order valence-electron chi connectivity index (χ0n) is 17.9. The number of carbonyl (C=O) groups excluding carboxylic acids is 1. The number of benzene rings is 2. The average Bonchev–Trinajstić information content (AvgIpc) is 2.79. The summed E-state index contributed by atoms with van der Waals surface area (Å²) >= 11 is 0. The van der Waals surface area contributed by atoms with E-state index in [0.29, 0.717) is 31.3 Å². The van der Waals surface area contributed by atoms with Crippen molar-refractivity contribution in [1.82, 2.24) is 10.3 Å². The SMILES string of the molecule is CCOc1cc(/C=N\NC(=O)CN2CCOCC2)ccc1OCc1ccc([N+](=O)[O-])cc1. The summed E-state index contributed by atoms with van der Waals surface area (Å²) in [4.78, 5) is 24.3. The largest absolute Gasteiger partial charge is 0.490 e. The molecule has 0 spiro atoms. The zero-order chi connectivity index (χ0) is 22.8. The average molecular weight is 442 g/mol. The second-order valence-corrected chi connectivity index (χ2v) is 7.03. The molecule has 0 bridgehead atoms. The van der Waals surface area contributed by atoms with Crippen molar-refractivity contribution in [2.24, 2.45) is 5.10 Å². The van der Waals surface area contributed by atoms with Crippen molar-refractivity contribution >= 4 is 17.8 Å². The monoisotopic (exact) mass is 442 g/mol. The van der Waals surface area contributed by atoms with Crippen LogP contribution in [0.3, 0.4) is 0 Å². The number of rotatable bonds is 10. The first-order valence-electron chi connectivity index (χ1n) is 10.3. The first-order valence-corrected chi connectivity index (χ1v) is 10.3. The van der Waals surface area contributed by atoms with Crippen molar-refractivity contribution in [3.05, 3.63) is 63.7 Å². The molecule has 3 rings (SSSR count). The van der Waals surface area contributed by atoms with E-state index in [1.54, 1.807) is 36.5 Å². The van der Waals surface area contributed by atoms with Gasteiger partial charge in [-0.2, -0.15) is 5.10 Å². The number of ether oxygens (including phenoxy) is 3. The molecule has 0 radical (unpaired) electrons. The van der Waals surface area contributed by atoms with Crippen molar-refractivity contribution in [1.29, 1.82) is 0 Å². The van der Waals surface area contributed by atoms with E-state index in [9.17, 15) is 14.9 Å². The number of morpholine rings is 1. The number of nitro benzene ring substituents is 1. The van der Waals surface area contributed by atoms with E-state index >= 15 is 0 Å². The minimum atomic E-state index is -0.441. The van der Waals surface area contributed by atoms with Gasteiger partial charge in [0, 0.05) is 25.2 Å². The Bertz CT molecular complexity index is 942. The summed E-state index contributed by atoms with van der Waals surface area (Å²) in [6, 6.07) is 11.5. The molecule has 170 valence electrons. The van der Waals surface area contributed by atoms with Gasteiger partial charge < -0.3 is 14.2 Å². The minimum Gasteiger partial charge on any atom is -0.490 e. The Kier molecular flexibility index (Phi) is 8.52. The highest BCUT2D eigenvalue weighted by Gasteiger charge is 2.13.